The first-order chi connectivity index (χ1) is 9.11. The van der Waals surface area contributed by atoms with Gasteiger partial charge < -0.3 is 5.11 Å². The summed E-state index contributed by atoms with van der Waals surface area (Å²) in [5.41, 5.74) is 0. The summed E-state index contributed by atoms with van der Waals surface area (Å²) in [6.07, 6.45) is 13.3. The molecule has 0 radical (unpaired) electrons. The molecule has 0 bridgehead atoms. The fourth-order valence-corrected chi connectivity index (χ4v) is 2.73. The third kappa shape index (κ3) is 11.0. The van der Waals surface area contributed by atoms with E-state index in [2.05, 4.69) is 13.8 Å². The number of unbranched alkanes of at least 4 members (excludes halogenated alkanes) is 5. The lowest BCUT2D eigenvalue weighted by atomic mass is 9.96. The highest BCUT2D eigenvalue weighted by molar-refractivity contribution is 5.69. The summed E-state index contributed by atoms with van der Waals surface area (Å²) >= 11 is 0. The van der Waals surface area contributed by atoms with E-state index in [1.54, 1.807) is 0 Å². The van der Waals surface area contributed by atoms with E-state index < -0.39 is 5.97 Å². The first-order valence-electron chi connectivity index (χ1n) is 8.34. The largest absolute Gasteiger partial charge is 0.481 e. The number of rotatable bonds is 13. The summed E-state index contributed by atoms with van der Waals surface area (Å²) in [4.78, 5) is 10.9. The van der Waals surface area contributed by atoms with Crippen LogP contribution in [0.2, 0.25) is 0 Å². The third-order valence-electron chi connectivity index (χ3n) is 4.12. The van der Waals surface area contributed by atoms with Crippen LogP contribution in [0.5, 0.6) is 0 Å². The second-order valence-electron chi connectivity index (χ2n) is 6.04. The zero-order valence-corrected chi connectivity index (χ0v) is 13.3. The van der Waals surface area contributed by atoms with Gasteiger partial charge in [0.15, 0.2) is 0 Å². The van der Waals surface area contributed by atoms with Gasteiger partial charge in [-0.15, -0.1) is 0 Å². The Balaban J connectivity index is 3.29. The van der Waals surface area contributed by atoms with Crippen molar-refractivity contribution >= 4 is 5.97 Å². The maximum absolute atomic E-state index is 10.9. The molecular formula is C17H34O2. The SMILES string of the molecule is CCCC(C)CCCCCCCCC(CC)C(=O)O. The third-order valence-corrected chi connectivity index (χ3v) is 4.12. The van der Waals surface area contributed by atoms with Crippen LogP contribution in [-0.4, -0.2) is 11.1 Å². The van der Waals surface area contributed by atoms with Gasteiger partial charge >= 0.3 is 5.97 Å². The maximum Gasteiger partial charge on any atom is 0.306 e. The molecule has 0 aliphatic carbocycles. The van der Waals surface area contributed by atoms with Gasteiger partial charge in [0.25, 0.3) is 0 Å². The summed E-state index contributed by atoms with van der Waals surface area (Å²) in [5.74, 6) is 0.160. The molecule has 114 valence electrons. The van der Waals surface area contributed by atoms with Crippen LogP contribution >= 0.6 is 0 Å². The van der Waals surface area contributed by atoms with Crippen LogP contribution in [0, 0.1) is 11.8 Å². The standard InChI is InChI=1S/C17H34O2/c1-4-12-15(3)13-10-8-6-7-9-11-14-16(5-2)17(18)19/h15-16H,4-14H2,1-3H3,(H,18,19). The first kappa shape index (κ1) is 18.5. The minimum Gasteiger partial charge on any atom is -0.481 e. The van der Waals surface area contributed by atoms with Gasteiger partial charge in [0.05, 0.1) is 5.92 Å². The Morgan fingerprint density at radius 3 is 1.89 bits per heavy atom. The molecule has 0 amide bonds. The van der Waals surface area contributed by atoms with E-state index in [9.17, 15) is 4.79 Å². The summed E-state index contributed by atoms with van der Waals surface area (Å²) in [6.45, 7) is 6.59. The Hall–Kier alpha value is -0.530. The highest BCUT2D eigenvalue weighted by Crippen LogP contribution is 2.17. The van der Waals surface area contributed by atoms with Crippen LogP contribution in [0.3, 0.4) is 0 Å². The van der Waals surface area contributed by atoms with E-state index in [0.717, 1.165) is 25.2 Å². The molecule has 2 heteroatoms. The Labute approximate surface area is 120 Å². The molecule has 0 heterocycles. The molecule has 0 saturated carbocycles. The Bertz CT molecular complexity index is 213. The fourth-order valence-electron chi connectivity index (χ4n) is 2.73. The lowest BCUT2D eigenvalue weighted by Gasteiger charge is -2.10. The topological polar surface area (TPSA) is 37.3 Å². The number of carboxylic acids is 1. The molecule has 2 unspecified atom stereocenters. The molecule has 0 aromatic rings. The molecule has 0 aliphatic rings. The minimum absolute atomic E-state index is 0.116. The van der Waals surface area contributed by atoms with Crippen molar-refractivity contribution in [1.82, 2.24) is 0 Å². The summed E-state index contributed by atoms with van der Waals surface area (Å²) in [6, 6.07) is 0. The van der Waals surface area contributed by atoms with Crippen LogP contribution < -0.4 is 0 Å². The molecule has 19 heavy (non-hydrogen) atoms. The molecule has 0 aromatic carbocycles. The molecule has 0 rings (SSSR count). The van der Waals surface area contributed by atoms with Crippen molar-refractivity contribution in [2.45, 2.75) is 91.4 Å². The quantitative estimate of drug-likeness (QED) is 0.439. The van der Waals surface area contributed by atoms with Gasteiger partial charge in [-0.05, 0) is 18.8 Å². The number of aliphatic carboxylic acids is 1. The van der Waals surface area contributed by atoms with Crippen molar-refractivity contribution in [3.05, 3.63) is 0 Å². The van der Waals surface area contributed by atoms with Crippen molar-refractivity contribution in [2.75, 3.05) is 0 Å². The molecule has 2 nitrogen and oxygen atoms in total. The number of hydrogen-bond donors (Lipinski definition) is 1. The maximum atomic E-state index is 10.9. The summed E-state index contributed by atoms with van der Waals surface area (Å²) < 4.78 is 0. The monoisotopic (exact) mass is 270 g/mol. The number of hydrogen-bond acceptors (Lipinski definition) is 1. The first-order valence-corrected chi connectivity index (χ1v) is 8.34. The minimum atomic E-state index is -0.618. The van der Waals surface area contributed by atoms with Gasteiger partial charge in [0.1, 0.15) is 0 Å². The molecule has 1 N–H and O–H groups in total. The number of carboxylic acid groups (broad SMARTS) is 1. The van der Waals surface area contributed by atoms with Crippen molar-refractivity contribution in [2.24, 2.45) is 11.8 Å². The van der Waals surface area contributed by atoms with E-state index in [0.29, 0.717) is 0 Å². The Kier molecular flexibility index (Phi) is 12.2. The van der Waals surface area contributed by atoms with Crippen molar-refractivity contribution in [1.29, 1.82) is 0 Å². The van der Waals surface area contributed by atoms with Gasteiger partial charge in [-0.25, -0.2) is 0 Å². The average molecular weight is 270 g/mol. The predicted octanol–water partition coefficient (Wildman–Crippen LogP) is 5.65. The molecule has 2 atom stereocenters. The second-order valence-corrected chi connectivity index (χ2v) is 6.04. The highest BCUT2D eigenvalue weighted by Gasteiger charge is 2.13. The zero-order chi connectivity index (χ0) is 14.5. The van der Waals surface area contributed by atoms with Gasteiger partial charge in [0.2, 0.25) is 0 Å². The van der Waals surface area contributed by atoms with Crippen molar-refractivity contribution in [3.63, 3.8) is 0 Å². The normalized spacial score (nSPS) is 14.3. The van der Waals surface area contributed by atoms with Crippen LogP contribution in [0.1, 0.15) is 91.4 Å². The van der Waals surface area contributed by atoms with Gasteiger partial charge in [0, 0.05) is 0 Å². The lowest BCUT2D eigenvalue weighted by molar-refractivity contribution is -0.142. The smallest absolute Gasteiger partial charge is 0.306 e. The number of carbonyl (C=O) groups is 1. The predicted molar refractivity (Wildman–Crippen MR) is 82.4 cm³/mol. The van der Waals surface area contributed by atoms with Gasteiger partial charge in [-0.3, -0.25) is 4.79 Å². The molecular weight excluding hydrogens is 236 g/mol. The van der Waals surface area contributed by atoms with Crippen LogP contribution in [0.15, 0.2) is 0 Å². The van der Waals surface area contributed by atoms with E-state index in [4.69, 9.17) is 5.11 Å². The average Bonchev–Trinajstić information content (AvgIpc) is 2.37. The lowest BCUT2D eigenvalue weighted by Crippen LogP contribution is -2.12. The summed E-state index contributed by atoms with van der Waals surface area (Å²) in [7, 11) is 0. The van der Waals surface area contributed by atoms with E-state index in [1.165, 1.54) is 51.4 Å². The van der Waals surface area contributed by atoms with Crippen LogP contribution in [-0.2, 0) is 4.79 Å². The van der Waals surface area contributed by atoms with E-state index in [1.807, 2.05) is 6.92 Å². The van der Waals surface area contributed by atoms with Crippen LogP contribution in [0.4, 0.5) is 0 Å². The molecule has 0 aromatic heterocycles. The fraction of sp³-hybridized carbons (Fsp3) is 0.941. The van der Waals surface area contributed by atoms with Crippen LogP contribution in [0.25, 0.3) is 0 Å². The molecule has 0 fully saturated rings. The van der Waals surface area contributed by atoms with E-state index in [-0.39, 0.29) is 5.92 Å². The van der Waals surface area contributed by atoms with Crippen molar-refractivity contribution < 1.29 is 9.90 Å². The molecule has 0 spiro atoms. The molecule has 0 saturated heterocycles. The summed E-state index contributed by atoms with van der Waals surface area (Å²) in [5, 5.41) is 8.94. The Morgan fingerprint density at radius 1 is 0.895 bits per heavy atom. The molecule has 0 aliphatic heterocycles. The highest BCUT2D eigenvalue weighted by atomic mass is 16.4. The van der Waals surface area contributed by atoms with E-state index >= 15 is 0 Å². The van der Waals surface area contributed by atoms with Gasteiger partial charge in [-0.2, -0.15) is 0 Å². The van der Waals surface area contributed by atoms with Crippen molar-refractivity contribution in [3.8, 4) is 0 Å². The zero-order valence-electron chi connectivity index (χ0n) is 13.3. The Morgan fingerprint density at radius 2 is 1.42 bits per heavy atom. The van der Waals surface area contributed by atoms with Gasteiger partial charge in [-0.1, -0.05) is 78.6 Å². The second kappa shape index (κ2) is 12.5.